The second-order valence-corrected chi connectivity index (χ2v) is 5.02. The third-order valence-electron chi connectivity index (χ3n) is 2.03. The Morgan fingerprint density at radius 2 is 2.21 bits per heavy atom. The van der Waals surface area contributed by atoms with Gasteiger partial charge >= 0.3 is 0 Å². The van der Waals surface area contributed by atoms with Crippen LogP contribution >= 0.6 is 11.3 Å². The number of hydrogen-bond donors (Lipinski definition) is 3. The van der Waals surface area contributed by atoms with Crippen LogP contribution < -0.4 is 16.4 Å². The van der Waals surface area contributed by atoms with Gasteiger partial charge in [-0.2, -0.15) is 0 Å². The maximum atomic E-state index is 11.8. The van der Waals surface area contributed by atoms with Gasteiger partial charge in [-0.05, 0) is 19.9 Å². The van der Waals surface area contributed by atoms with Gasteiger partial charge in [0.1, 0.15) is 0 Å². The zero-order valence-electron chi connectivity index (χ0n) is 10.9. The number of amides is 2. The molecule has 19 heavy (non-hydrogen) atoms. The largest absolute Gasteiger partial charge is 0.352 e. The molecule has 0 unspecified atom stereocenters. The summed E-state index contributed by atoms with van der Waals surface area (Å²) in [6.07, 6.45) is 0. The summed E-state index contributed by atoms with van der Waals surface area (Å²) in [6, 6.07) is 1.74. The number of rotatable bonds is 4. The molecule has 0 saturated carbocycles. The van der Waals surface area contributed by atoms with Crippen LogP contribution in [0.1, 0.15) is 29.1 Å². The van der Waals surface area contributed by atoms with E-state index in [-0.39, 0.29) is 30.9 Å². The summed E-state index contributed by atoms with van der Waals surface area (Å²) in [5.41, 5.74) is 5.77. The Labute approximate surface area is 116 Å². The minimum Gasteiger partial charge on any atom is -0.352 e. The van der Waals surface area contributed by atoms with E-state index < -0.39 is 0 Å². The summed E-state index contributed by atoms with van der Waals surface area (Å²) >= 11 is 1.37. The minimum absolute atomic E-state index is 0.0311. The predicted octanol–water partition coefficient (Wildman–Crippen LogP) is 0.313. The Balaban J connectivity index is 2.50. The molecule has 1 rings (SSSR count). The highest BCUT2D eigenvalue weighted by atomic mass is 32.1. The maximum absolute atomic E-state index is 11.8. The zero-order valence-corrected chi connectivity index (χ0v) is 11.8. The van der Waals surface area contributed by atoms with Gasteiger partial charge in [0.25, 0.3) is 5.91 Å². The Kier molecular flexibility index (Phi) is 6.06. The van der Waals surface area contributed by atoms with Crippen molar-refractivity contribution in [1.82, 2.24) is 10.6 Å². The van der Waals surface area contributed by atoms with Gasteiger partial charge in [-0.25, -0.2) is 0 Å². The number of nitrogens with one attached hydrogen (secondary N) is 2. The van der Waals surface area contributed by atoms with Crippen LogP contribution in [-0.2, 0) is 4.79 Å². The van der Waals surface area contributed by atoms with Gasteiger partial charge in [-0.15, -0.1) is 11.3 Å². The van der Waals surface area contributed by atoms with Crippen molar-refractivity contribution >= 4 is 23.2 Å². The molecule has 0 radical (unpaired) electrons. The maximum Gasteiger partial charge on any atom is 0.252 e. The Bertz CT molecular complexity index is 511. The number of thiophene rings is 1. The molecule has 0 aliphatic carbocycles. The molecule has 1 heterocycles. The molecule has 0 fully saturated rings. The van der Waals surface area contributed by atoms with Crippen molar-refractivity contribution in [1.29, 1.82) is 0 Å². The van der Waals surface area contributed by atoms with Crippen LogP contribution in [0.4, 0.5) is 0 Å². The van der Waals surface area contributed by atoms with Crippen LogP contribution in [0.15, 0.2) is 11.4 Å². The van der Waals surface area contributed by atoms with Gasteiger partial charge in [-0.1, -0.05) is 11.8 Å². The zero-order chi connectivity index (χ0) is 14.3. The van der Waals surface area contributed by atoms with Crippen LogP contribution in [0.25, 0.3) is 0 Å². The van der Waals surface area contributed by atoms with E-state index in [9.17, 15) is 9.59 Å². The van der Waals surface area contributed by atoms with Crippen LogP contribution in [-0.4, -0.2) is 30.9 Å². The van der Waals surface area contributed by atoms with Crippen LogP contribution in [0.5, 0.6) is 0 Å². The SMILES string of the molecule is CC(C)NC(=O)CNC(=O)c1csc(C#CCN)c1. The fraction of sp³-hybridized carbons (Fsp3) is 0.385. The highest BCUT2D eigenvalue weighted by molar-refractivity contribution is 7.10. The molecule has 2 amide bonds. The van der Waals surface area contributed by atoms with Crippen LogP contribution in [0.3, 0.4) is 0 Å². The summed E-state index contributed by atoms with van der Waals surface area (Å²) in [6.45, 7) is 3.98. The third-order valence-corrected chi connectivity index (χ3v) is 2.88. The number of carbonyl (C=O) groups is 2. The monoisotopic (exact) mass is 279 g/mol. The lowest BCUT2D eigenvalue weighted by Gasteiger charge is -2.08. The molecule has 0 aromatic carbocycles. The molecule has 102 valence electrons. The van der Waals surface area contributed by atoms with Gasteiger partial charge in [0, 0.05) is 11.4 Å². The molecule has 1 aromatic heterocycles. The van der Waals surface area contributed by atoms with Crippen molar-refractivity contribution in [2.24, 2.45) is 5.73 Å². The second kappa shape index (κ2) is 7.56. The second-order valence-electron chi connectivity index (χ2n) is 4.11. The van der Waals surface area contributed by atoms with E-state index in [1.54, 1.807) is 11.4 Å². The number of nitrogens with two attached hydrogens (primary N) is 1. The third kappa shape index (κ3) is 5.55. The van der Waals surface area contributed by atoms with Gasteiger partial charge in [0.2, 0.25) is 5.91 Å². The fourth-order valence-electron chi connectivity index (χ4n) is 1.29. The number of carbonyl (C=O) groups excluding carboxylic acids is 2. The average molecular weight is 279 g/mol. The standard InChI is InChI=1S/C13H17N3O2S/c1-9(2)16-12(17)7-15-13(18)10-6-11(19-8-10)4-3-5-14/h6,8-9H,5,7,14H2,1-2H3,(H,15,18)(H,16,17). The van der Waals surface area contributed by atoms with Crippen LogP contribution in [0.2, 0.25) is 0 Å². The minimum atomic E-state index is -0.282. The molecule has 0 saturated heterocycles. The van der Waals surface area contributed by atoms with Crippen molar-refractivity contribution in [2.75, 3.05) is 13.1 Å². The van der Waals surface area contributed by atoms with Gasteiger partial charge < -0.3 is 16.4 Å². The Morgan fingerprint density at radius 1 is 1.47 bits per heavy atom. The van der Waals surface area contributed by atoms with Crippen molar-refractivity contribution < 1.29 is 9.59 Å². The number of hydrogen-bond acceptors (Lipinski definition) is 4. The van der Waals surface area contributed by atoms with Gasteiger partial charge in [0.05, 0.1) is 23.5 Å². The van der Waals surface area contributed by atoms with E-state index in [0.29, 0.717) is 5.56 Å². The Morgan fingerprint density at radius 3 is 2.84 bits per heavy atom. The highest BCUT2D eigenvalue weighted by Gasteiger charge is 2.10. The van der Waals surface area contributed by atoms with E-state index in [0.717, 1.165) is 4.88 Å². The molecule has 0 aliphatic heterocycles. The molecule has 0 aliphatic rings. The van der Waals surface area contributed by atoms with Crippen LogP contribution in [0, 0.1) is 11.8 Å². The lowest BCUT2D eigenvalue weighted by atomic mass is 10.3. The normalized spacial score (nSPS) is 9.68. The van der Waals surface area contributed by atoms with Gasteiger partial charge in [-0.3, -0.25) is 9.59 Å². The summed E-state index contributed by atoms with van der Waals surface area (Å²) in [4.78, 5) is 23.9. The molecule has 4 N–H and O–H groups in total. The molecule has 0 spiro atoms. The smallest absolute Gasteiger partial charge is 0.252 e. The van der Waals surface area contributed by atoms with E-state index in [4.69, 9.17) is 5.73 Å². The molecule has 0 atom stereocenters. The summed E-state index contributed by atoms with van der Waals surface area (Å²) < 4.78 is 0. The fourth-order valence-corrected chi connectivity index (χ4v) is 2.05. The van der Waals surface area contributed by atoms with Gasteiger partial charge in [0.15, 0.2) is 0 Å². The first-order valence-corrected chi connectivity index (χ1v) is 6.76. The Hall–Kier alpha value is -1.84. The highest BCUT2D eigenvalue weighted by Crippen LogP contribution is 2.13. The summed E-state index contributed by atoms with van der Waals surface area (Å²) in [7, 11) is 0. The molecular formula is C13H17N3O2S. The predicted molar refractivity (Wildman–Crippen MR) is 75.9 cm³/mol. The topological polar surface area (TPSA) is 84.2 Å². The first-order chi connectivity index (χ1) is 9.02. The molecule has 0 bridgehead atoms. The molecule has 1 aromatic rings. The lowest BCUT2D eigenvalue weighted by Crippen LogP contribution is -2.39. The van der Waals surface area contributed by atoms with E-state index in [1.807, 2.05) is 13.8 Å². The van der Waals surface area contributed by atoms with Crippen molar-refractivity contribution in [2.45, 2.75) is 19.9 Å². The molecule has 5 nitrogen and oxygen atoms in total. The molecular weight excluding hydrogens is 262 g/mol. The first-order valence-electron chi connectivity index (χ1n) is 5.88. The summed E-state index contributed by atoms with van der Waals surface area (Å²) in [5, 5.41) is 6.96. The van der Waals surface area contributed by atoms with Crippen molar-refractivity contribution in [3.8, 4) is 11.8 Å². The van der Waals surface area contributed by atoms with E-state index in [1.165, 1.54) is 11.3 Å². The quantitative estimate of drug-likeness (QED) is 0.694. The van der Waals surface area contributed by atoms with E-state index in [2.05, 4.69) is 22.5 Å². The first kappa shape index (κ1) is 15.2. The lowest BCUT2D eigenvalue weighted by molar-refractivity contribution is -0.120. The summed E-state index contributed by atoms with van der Waals surface area (Å²) in [5.74, 6) is 5.09. The van der Waals surface area contributed by atoms with E-state index >= 15 is 0 Å². The average Bonchev–Trinajstić information content (AvgIpc) is 2.81. The molecule has 6 heteroatoms. The van der Waals surface area contributed by atoms with Crippen molar-refractivity contribution in [3.63, 3.8) is 0 Å². The van der Waals surface area contributed by atoms with Crippen molar-refractivity contribution in [3.05, 3.63) is 21.9 Å².